The molecule has 0 aliphatic rings. The molecule has 0 spiro atoms. The fraction of sp³-hybridized carbons (Fsp3) is 0.455. The van der Waals surface area contributed by atoms with E-state index in [2.05, 4.69) is 4.98 Å². The summed E-state index contributed by atoms with van der Waals surface area (Å²) in [6.07, 6.45) is -0.872. The van der Waals surface area contributed by atoms with Gasteiger partial charge < -0.3 is 14.9 Å². The second-order valence-corrected chi connectivity index (χ2v) is 3.46. The fourth-order valence-corrected chi connectivity index (χ4v) is 1.37. The summed E-state index contributed by atoms with van der Waals surface area (Å²) in [7, 11) is 1.50. The summed E-state index contributed by atoms with van der Waals surface area (Å²) in [5.41, 5.74) is 1.26. The van der Waals surface area contributed by atoms with Crippen molar-refractivity contribution >= 4 is 0 Å². The van der Waals surface area contributed by atoms with Crippen molar-refractivity contribution in [3.05, 3.63) is 23.4 Å². The number of hydrogen-bond acceptors (Lipinski definition) is 5. The first-order valence-electron chi connectivity index (χ1n) is 4.83. The molecule has 2 N–H and O–H groups in total. The standard InChI is InChI=1S/C11H14N2O3/c1-7-5-10(16-2)13-6-8(7)11(15)9(14)3-4-12/h5-6,9,11,14-15H,3H2,1-2H3. The van der Waals surface area contributed by atoms with Crippen LogP contribution < -0.4 is 4.74 Å². The molecule has 0 radical (unpaired) electrons. The topological polar surface area (TPSA) is 86.4 Å². The van der Waals surface area contributed by atoms with Gasteiger partial charge in [0.25, 0.3) is 0 Å². The lowest BCUT2D eigenvalue weighted by Gasteiger charge is -2.17. The van der Waals surface area contributed by atoms with Gasteiger partial charge in [-0.1, -0.05) is 0 Å². The van der Waals surface area contributed by atoms with E-state index in [1.807, 2.05) is 0 Å². The lowest BCUT2D eigenvalue weighted by molar-refractivity contribution is 0.0210. The van der Waals surface area contributed by atoms with Gasteiger partial charge in [0.2, 0.25) is 5.88 Å². The van der Waals surface area contributed by atoms with Gasteiger partial charge in [0.1, 0.15) is 6.10 Å². The van der Waals surface area contributed by atoms with Crippen LogP contribution in [0.4, 0.5) is 0 Å². The van der Waals surface area contributed by atoms with E-state index in [0.29, 0.717) is 11.4 Å². The second-order valence-electron chi connectivity index (χ2n) is 3.46. The molecule has 5 heteroatoms. The maximum Gasteiger partial charge on any atom is 0.213 e. The van der Waals surface area contributed by atoms with Crippen LogP contribution in [0.1, 0.15) is 23.7 Å². The molecule has 0 amide bonds. The van der Waals surface area contributed by atoms with Gasteiger partial charge in [-0.2, -0.15) is 5.26 Å². The van der Waals surface area contributed by atoms with Crippen LogP contribution in [0.3, 0.4) is 0 Å². The largest absolute Gasteiger partial charge is 0.481 e. The van der Waals surface area contributed by atoms with E-state index < -0.39 is 12.2 Å². The van der Waals surface area contributed by atoms with Gasteiger partial charge in [-0.15, -0.1) is 0 Å². The zero-order valence-corrected chi connectivity index (χ0v) is 9.21. The summed E-state index contributed by atoms with van der Waals surface area (Å²) in [5, 5.41) is 27.7. The number of methoxy groups -OCH3 is 1. The van der Waals surface area contributed by atoms with Crippen molar-refractivity contribution in [3.63, 3.8) is 0 Å². The maximum absolute atomic E-state index is 9.78. The number of aliphatic hydroxyl groups excluding tert-OH is 2. The smallest absolute Gasteiger partial charge is 0.213 e. The van der Waals surface area contributed by atoms with Crippen LogP contribution in [-0.2, 0) is 0 Å². The first-order valence-corrected chi connectivity index (χ1v) is 4.83. The molecule has 5 nitrogen and oxygen atoms in total. The highest BCUT2D eigenvalue weighted by Crippen LogP contribution is 2.23. The second kappa shape index (κ2) is 5.45. The lowest BCUT2D eigenvalue weighted by Crippen LogP contribution is -2.18. The Hall–Kier alpha value is -1.64. The molecule has 0 saturated carbocycles. The van der Waals surface area contributed by atoms with Gasteiger partial charge in [0, 0.05) is 17.8 Å². The number of aromatic nitrogens is 1. The molecule has 0 aliphatic carbocycles. The van der Waals surface area contributed by atoms with Crippen molar-refractivity contribution in [2.24, 2.45) is 0 Å². The highest BCUT2D eigenvalue weighted by atomic mass is 16.5. The van der Waals surface area contributed by atoms with Crippen LogP contribution in [0.25, 0.3) is 0 Å². The number of hydrogen-bond donors (Lipinski definition) is 2. The monoisotopic (exact) mass is 222 g/mol. The molecule has 86 valence electrons. The van der Waals surface area contributed by atoms with Crippen LogP contribution in [0, 0.1) is 18.3 Å². The molecule has 0 aromatic carbocycles. The molecule has 2 atom stereocenters. The number of ether oxygens (including phenoxy) is 1. The van der Waals surface area contributed by atoms with E-state index in [0.717, 1.165) is 5.56 Å². The van der Waals surface area contributed by atoms with Crippen LogP contribution in [0.5, 0.6) is 5.88 Å². The number of nitriles is 1. The molecule has 0 fully saturated rings. The molecule has 0 bridgehead atoms. The van der Waals surface area contributed by atoms with Gasteiger partial charge in [-0.05, 0) is 12.5 Å². The Labute approximate surface area is 93.9 Å². The molecule has 2 unspecified atom stereocenters. The van der Waals surface area contributed by atoms with Crippen molar-refractivity contribution in [1.82, 2.24) is 4.98 Å². The highest BCUT2D eigenvalue weighted by Gasteiger charge is 2.20. The summed E-state index contributed by atoms with van der Waals surface area (Å²) < 4.78 is 4.93. The van der Waals surface area contributed by atoms with E-state index in [1.165, 1.54) is 13.3 Å². The summed E-state index contributed by atoms with van der Waals surface area (Å²) in [5.74, 6) is 0.447. The highest BCUT2D eigenvalue weighted by molar-refractivity contribution is 5.30. The lowest BCUT2D eigenvalue weighted by atomic mass is 10.0. The van der Waals surface area contributed by atoms with Crippen molar-refractivity contribution < 1.29 is 14.9 Å². The Morgan fingerprint density at radius 2 is 2.25 bits per heavy atom. The predicted octanol–water partition coefficient (Wildman–Crippen LogP) is 0.707. The van der Waals surface area contributed by atoms with E-state index >= 15 is 0 Å². The molecule has 0 saturated heterocycles. The summed E-state index contributed by atoms with van der Waals surface area (Å²) in [6, 6.07) is 3.47. The van der Waals surface area contributed by atoms with E-state index in [1.54, 1.807) is 19.1 Å². The van der Waals surface area contributed by atoms with Gasteiger partial charge in [-0.25, -0.2) is 4.98 Å². The Morgan fingerprint density at radius 3 is 2.75 bits per heavy atom. The zero-order chi connectivity index (χ0) is 12.1. The third-order valence-corrected chi connectivity index (χ3v) is 2.32. The molecule has 1 heterocycles. The maximum atomic E-state index is 9.78. The SMILES string of the molecule is COc1cc(C)c(C(O)C(O)CC#N)cn1. The normalized spacial score (nSPS) is 13.9. The number of aryl methyl sites for hydroxylation is 1. The van der Waals surface area contributed by atoms with Crippen LogP contribution >= 0.6 is 0 Å². The number of rotatable bonds is 4. The quantitative estimate of drug-likeness (QED) is 0.783. The van der Waals surface area contributed by atoms with Gasteiger partial charge in [0.15, 0.2) is 0 Å². The third kappa shape index (κ3) is 2.69. The van der Waals surface area contributed by atoms with Gasteiger partial charge in [-0.3, -0.25) is 0 Å². The summed E-state index contributed by atoms with van der Waals surface area (Å²) in [6.45, 7) is 1.78. The fourth-order valence-electron chi connectivity index (χ4n) is 1.37. The van der Waals surface area contributed by atoms with Crippen LogP contribution in [0.2, 0.25) is 0 Å². The van der Waals surface area contributed by atoms with E-state index in [9.17, 15) is 10.2 Å². The molecule has 16 heavy (non-hydrogen) atoms. The molecule has 1 rings (SSSR count). The van der Waals surface area contributed by atoms with Crippen molar-refractivity contribution in [2.45, 2.75) is 25.6 Å². The van der Waals surface area contributed by atoms with Crippen LogP contribution in [-0.4, -0.2) is 28.4 Å². The van der Waals surface area contributed by atoms with Gasteiger partial charge in [0.05, 0.1) is 25.7 Å². The van der Waals surface area contributed by atoms with Crippen molar-refractivity contribution in [1.29, 1.82) is 5.26 Å². The van der Waals surface area contributed by atoms with Gasteiger partial charge >= 0.3 is 0 Å². The average Bonchev–Trinajstić information content (AvgIpc) is 2.28. The summed E-state index contributed by atoms with van der Waals surface area (Å²) >= 11 is 0. The first-order chi connectivity index (χ1) is 7.60. The first kappa shape index (κ1) is 12.4. The Bertz CT molecular complexity index is 401. The van der Waals surface area contributed by atoms with E-state index in [-0.39, 0.29) is 6.42 Å². The number of pyridine rings is 1. The predicted molar refractivity (Wildman–Crippen MR) is 56.7 cm³/mol. The third-order valence-electron chi connectivity index (χ3n) is 2.32. The molecular formula is C11H14N2O3. The molecule has 0 aliphatic heterocycles. The minimum absolute atomic E-state index is 0.118. The van der Waals surface area contributed by atoms with Crippen LogP contribution in [0.15, 0.2) is 12.3 Å². The average molecular weight is 222 g/mol. The molecular weight excluding hydrogens is 208 g/mol. The minimum Gasteiger partial charge on any atom is -0.481 e. The van der Waals surface area contributed by atoms with E-state index in [4.69, 9.17) is 10.00 Å². The number of nitrogens with zero attached hydrogens (tertiary/aromatic N) is 2. The summed E-state index contributed by atoms with van der Waals surface area (Å²) in [4.78, 5) is 3.95. The van der Waals surface area contributed by atoms with Crippen molar-refractivity contribution in [3.8, 4) is 11.9 Å². The van der Waals surface area contributed by atoms with Crippen molar-refractivity contribution in [2.75, 3.05) is 7.11 Å². The number of aliphatic hydroxyl groups is 2. The Morgan fingerprint density at radius 1 is 1.56 bits per heavy atom. The zero-order valence-electron chi connectivity index (χ0n) is 9.21. The molecule has 1 aromatic heterocycles. The minimum atomic E-state index is -1.10. The molecule has 1 aromatic rings. The Kier molecular flexibility index (Phi) is 4.23. The Balaban J connectivity index is 2.92.